The molecule has 0 aromatic carbocycles. The molecule has 4 N–H and O–H groups in total. The van der Waals surface area contributed by atoms with Crippen LogP contribution in [0.15, 0.2) is 0 Å². The Labute approximate surface area is 72.3 Å². The van der Waals surface area contributed by atoms with Crippen LogP contribution in [-0.2, 0) is 9.59 Å². The van der Waals surface area contributed by atoms with Crippen molar-refractivity contribution in [2.45, 2.75) is 31.7 Å². The lowest BCUT2D eigenvalue weighted by molar-refractivity contribution is -0.127. The molecule has 0 saturated carbocycles. The third-order valence-corrected chi connectivity index (χ3v) is 1.91. The van der Waals surface area contributed by atoms with Crippen molar-refractivity contribution in [3.8, 4) is 0 Å². The van der Waals surface area contributed by atoms with E-state index in [0.717, 1.165) is 6.42 Å². The number of hydrogen-bond donors (Lipinski definition) is 2. The molecule has 12 heavy (non-hydrogen) atoms. The van der Waals surface area contributed by atoms with E-state index in [9.17, 15) is 9.59 Å². The number of Topliss-reactive ketones (excluding diaryl/α,β-unsaturated/α-hetero) is 1. The highest BCUT2D eigenvalue weighted by atomic mass is 16.1. The number of carbonyl (C=O) groups excluding carboxylic acids is 2. The molecule has 0 aromatic rings. The average Bonchev–Trinajstić information content (AvgIpc) is 2.04. The first-order valence-corrected chi connectivity index (χ1v) is 4.03. The van der Waals surface area contributed by atoms with Crippen LogP contribution in [0.5, 0.6) is 0 Å². The number of rotatable bonds is 6. The van der Waals surface area contributed by atoms with E-state index in [-0.39, 0.29) is 5.78 Å². The summed E-state index contributed by atoms with van der Waals surface area (Å²) in [6.07, 6.45) is 2.42. The van der Waals surface area contributed by atoms with Gasteiger partial charge in [-0.15, -0.1) is 0 Å². The molecule has 0 unspecified atom stereocenters. The zero-order chi connectivity index (χ0) is 9.61. The zero-order valence-electron chi connectivity index (χ0n) is 7.38. The molecule has 0 aliphatic rings. The number of carbonyl (C=O) groups is 2. The van der Waals surface area contributed by atoms with Gasteiger partial charge < -0.3 is 16.3 Å². The number of ketones is 1. The van der Waals surface area contributed by atoms with Crippen LogP contribution in [0.4, 0.5) is 0 Å². The second-order valence-corrected chi connectivity index (χ2v) is 2.96. The van der Waals surface area contributed by atoms with Crippen LogP contribution >= 0.6 is 0 Å². The summed E-state index contributed by atoms with van der Waals surface area (Å²) in [6, 6.07) is 0. The molecular formula is C8H16N2O2. The minimum Gasteiger partial charge on any atom is -0.330 e. The fourth-order valence-electron chi connectivity index (χ4n) is 0.880. The van der Waals surface area contributed by atoms with Gasteiger partial charge in [-0.3, -0.25) is 4.79 Å². The van der Waals surface area contributed by atoms with Gasteiger partial charge in [-0.05, 0) is 32.7 Å². The molecule has 0 heterocycles. The highest BCUT2D eigenvalue weighted by molar-refractivity contribution is 6.01. The van der Waals surface area contributed by atoms with E-state index >= 15 is 0 Å². The van der Waals surface area contributed by atoms with Gasteiger partial charge in [0.05, 0.1) is 0 Å². The molecule has 4 nitrogen and oxygen atoms in total. The van der Waals surface area contributed by atoms with E-state index in [1.54, 1.807) is 0 Å². The Morgan fingerprint density at radius 1 is 1.50 bits per heavy atom. The van der Waals surface area contributed by atoms with Crippen molar-refractivity contribution in [3.05, 3.63) is 0 Å². The first-order valence-electron chi connectivity index (χ1n) is 4.03. The first kappa shape index (κ1) is 11.3. The predicted octanol–water partition coefficient (Wildman–Crippen LogP) is -0.399. The molecule has 0 rings (SSSR count). The molecule has 0 spiro atoms. The van der Waals surface area contributed by atoms with Crippen LogP contribution in [0, 0.1) is 0 Å². The van der Waals surface area contributed by atoms with Crippen molar-refractivity contribution in [2.75, 3.05) is 6.54 Å². The van der Waals surface area contributed by atoms with Crippen molar-refractivity contribution in [1.82, 2.24) is 0 Å². The lowest BCUT2D eigenvalue weighted by Gasteiger charge is -2.18. The van der Waals surface area contributed by atoms with Gasteiger partial charge in [-0.25, -0.2) is 0 Å². The van der Waals surface area contributed by atoms with Crippen LogP contribution in [-0.4, -0.2) is 24.2 Å². The summed E-state index contributed by atoms with van der Waals surface area (Å²) < 4.78 is 0. The third kappa shape index (κ3) is 3.11. The number of nitrogens with two attached hydrogens (primary N) is 2. The molecule has 0 radical (unpaired) electrons. The van der Waals surface area contributed by atoms with Crippen LogP contribution in [0.2, 0.25) is 0 Å². The minimum absolute atomic E-state index is 0.283. The van der Waals surface area contributed by atoms with Crippen molar-refractivity contribution >= 4 is 12.1 Å². The topological polar surface area (TPSA) is 86.2 Å². The summed E-state index contributed by atoms with van der Waals surface area (Å²) in [5.41, 5.74) is 9.50. The lowest BCUT2D eigenvalue weighted by Crippen LogP contribution is -2.48. The highest BCUT2D eigenvalue weighted by Crippen LogP contribution is 2.09. The van der Waals surface area contributed by atoms with E-state index < -0.39 is 5.54 Å². The molecule has 0 aliphatic carbocycles. The molecular weight excluding hydrogens is 156 g/mol. The minimum atomic E-state index is -1.28. The van der Waals surface area contributed by atoms with Gasteiger partial charge in [0.15, 0.2) is 5.78 Å². The molecule has 0 amide bonds. The Morgan fingerprint density at radius 3 is 2.42 bits per heavy atom. The summed E-state index contributed by atoms with van der Waals surface area (Å²) in [5.74, 6) is -0.283. The summed E-state index contributed by atoms with van der Waals surface area (Å²) >= 11 is 0. The van der Waals surface area contributed by atoms with Crippen LogP contribution in [0.1, 0.15) is 26.2 Å². The fourth-order valence-corrected chi connectivity index (χ4v) is 0.880. The van der Waals surface area contributed by atoms with Crippen molar-refractivity contribution < 1.29 is 9.59 Å². The van der Waals surface area contributed by atoms with Gasteiger partial charge in [-0.2, -0.15) is 0 Å². The summed E-state index contributed by atoms with van der Waals surface area (Å²) in [7, 11) is 0. The molecule has 0 aliphatic heterocycles. The first-order chi connectivity index (χ1) is 5.56. The van der Waals surface area contributed by atoms with Gasteiger partial charge in [0.1, 0.15) is 11.8 Å². The van der Waals surface area contributed by atoms with Gasteiger partial charge in [-0.1, -0.05) is 0 Å². The van der Waals surface area contributed by atoms with E-state index in [1.807, 2.05) is 0 Å². The average molecular weight is 172 g/mol. The summed E-state index contributed by atoms with van der Waals surface area (Å²) in [5, 5.41) is 0. The van der Waals surface area contributed by atoms with Gasteiger partial charge >= 0.3 is 0 Å². The van der Waals surface area contributed by atoms with E-state index in [1.165, 1.54) is 6.92 Å². The van der Waals surface area contributed by atoms with Gasteiger partial charge in [0.2, 0.25) is 0 Å². The van der Waals surface area contributed by atoms with Crippen LogP contribution < -0.4 is 11.5 Å². The lowest BCUT2D eigenvalue weighted by atomic mass is 9.91. The van der Waals surface area contributed by atoms with E-state index in [4.69, 9.17) is 11.5 Å². The van der Waals surface area contributed by atoms with Crippen LogP contribution in [0.3, 0.4) is 0 Å². The van der Waals surface area contributed by atoms with Gasteiger partial charge in [0.25, 0.3) is 0 Å². The quantitative estimate of drug-likeness (QED) is 0.324. The van der Waals surface area contributed by atoms with Crippen molar-refractivity contribution in [3.63, 3.8) is 0 Å². The highest BCUT2D eigenvalue weighted by Gasteiger charge is 2.28. The number of aldehydes is 1. The monoisotopic (exact) mass is 172 g/mol. The molecule has 0 aromatic heterocycles. The Hall–Kier alpha value is -0.740. The predicted molar refractivity (Wildman–Crippen MR) is 46.6 cm³/mol. The number of hydrogen-bond acceptors (Lipinski definition) is 4. The van der Waals surface area contributed by atoms with Crippen molar-refractivity contribution in [1.29, 1.82) is 0 Å². The normalized spacial score (nSPS) is 15.2. The zero-order valence-corrected chi connectivity index (χ0v) is 7.38. The molecule has 0 fully saturated rings. The largest absolute Gasteiger partial charge is 0.330 e. The smallest absolute Gasteiger partial charge is 0.156 e. The molecule has 1 atom stereocenters. The maximum Gasteiger partial charge on any atom is 0.156 e. The van der Waals surface area contributed by atoms with Crippen LogP contribution in [0.25, 0.3) is 0 Å². The Morgan fingerprint density at radius 2 is 2.08 bits per heavy atom. The second kappa shape index (κ2) is 5.00. The molecule has 4 heteroatoms. The Kier molecular flexibility index (Phi) is 4.70. The second-order valence-electron chi connectivity index (χ2n) is 2.96. The standard InChI is InChI=1S/C8H16N2O2/c1-7(12)8(10,6-11)4-2-3-5-9/h6H,2-5,9-10H2,1H3/t8-/m0/s1. The van der Waals surface area contributed by atoms with E-state index in [2.05, 4.69) is 0 Å². The summed E-state index contributed by atoms with van der Waals surface area (Å²) in [6.45, 7) is 1.89. The Balaban J connectivity index is 3.97. The molecule has 0 saturated heterocycles. The maximum absolute atomic E-state index is 10.9. The summed E-state index contributed by atoms with van der Waals surface area (Å²) in [4.78, 5) is 21.4. The SMILES string of the molecule is CC(=O)[C@@](N)(C=O)CCCCN. The maximum atomic E-state index is 10.9. The molecule has 0 bridgehead atoms. The van der Waals surface area contributed by atoms with Crippen molar-refractivity contribution in [2.24, 2.45) is 11.5 Å². The van der Waals surface area contributed by atoms with E-state index in [0.29, 0.717) is 25.7 Å². The van der Waals surface area contributed by atoms with Gasteiger partial charge in [0, 0.05) is 0 Å². The Bertz CT molecular complexity index is 170. The molecule has 70 valence electrons. The fraction of sp³-hybridized carbons (Fsp3) is 0.750. The number of unbranched alkanes of at least 4 members (excludes halogenated alkanes) is 1. The third-order valence-electron chi connectivity index (χ3n) is 1.91.